The van der Waals surface area contributed by atoms with Crippen molar-refractivity contribution < 1.29 is 14.3 Å². The van der Waals surface area contributed by atoms with Gasteiger partial charge < -0.3 is 14.5 Å². The van der Waals surface area contributed by atoms with Gasteiger partial charge in [0.2, 0.25) is 0 Å². The van der Waals surface area contributed by atoms with Crippen LogP contribution in [0.3, 0.4) is 0 Å². The summed E-state index contributed by atoms with van der Waals surface area (Å²) in [5.41, 5.74) is -0.619. The molecule has 9 heteroatoms. The van der Waals surface area contributed by atoms with E-state index < -0.39 is 23.8 Å². The quantitative estimate of drug-likeness (QED) is 0.734. The minimum atomic E-state index is -0.769. The minimum Gasteiger partial charge on any atom is -0.444 e. The molecule has 3 rings (SSSR count). The highest BCUT2D eigenvalue weighted by Crippen LogP contribution is 2.39. The number of amides is 3. The Balaban J connectivity index is 1.69. The van der Waals surface area contributed by atoms with E-state index in [-0.39, 0.29) is 13.1 Å². The smallest absolute Gasteiger partial charge is 0.410 e. The normalized spacial score (nSPS) is 17.3. The number of carbonyl (C=O) groups is 2. The monoisotopic (exact) mass is 420 g/mol. The largest absolute Gasteiger partial charge is 0.444 e. The first-order valence-electron chi connectivity index (χ1n) is 8.82. The predicted octanol–water partition coefficient (Wildman–Crippen LogP) is 4.53. The van der Waals surface area contributed by atoms with Crippen LogP contribution in [0.25, 0.3) is 10.1 Å². The summed E-state index contributed by atoms with van der Waals surface area (Å²) in [6.07, 6.45) is -0.486. The molecule has 1 aromatic heterocycles. The number of halogens is 1. The van der Waals surface area contributed by atoms with Gasteiger partial charge in [-0.1, -0.05) is 29.8 Å². The highest BCUT2D eigenvalue weighted by atomic mass is 35.5. The Morgan fingerprint density at radius 1 is 1.32 bits per heavy atom. The number of fused-ring (bicyclic) bond motifs is 1. The second kappa shape index (κ2) is 7.86. The molecule has 1 N–H and O–H groups in total. The lowest BCUT2D eigenvalue weighted by atomic mass is 10.2. The van der Waals surface area contributed by atoms with Gasteiger partial charge in [-0.15, -0.1) is 11.3 Å². The molecule has 0 unspecified atom stereocenters. The lowest BCUT2D eigenvalue weighted by Crippen LogP contribution is -2.57. The van der Waals surface area contributed by atoms with Gasteiger partial charge in [0.05, 0.1) is 17.6 Å². The van der Waals surface area contributed by atoms with E-state index in [0.717, 1.165) is 10.1 Å². The zero-order valence-corrected chi connectivity index (χ0v) is 17.4. The summed E-state index contributed by atoms with van der Waals surface area (Å²) in [6, 6.07) is 8.52. The van der Waals surface area contributed by atoms with E-state index in [4.69, 9.17) is 16.3 Å². The van der Waals surface area contributed by atoms with E-state index in [2.05, 4.69) is 11.4 Å². The molecule has 1 fully saturated rings. The number of piperazine rings is 1. The van der Waals surface area contributed by atoms with Crippen molar-refractivity contribution in [3.05, 3.63) is 29.3 Å². The van der Waals surface area contributed by atoms with Gasteiger partial charge in [0.25, 0.3) is 0 Å². The van der Waals surface area contributed by atoms with Gasteiger partial charge in [0.15, 0.2) is 0 Å². The molecule has 148 valence electrons. The highest BCUT2D eigenvalue weighted by molar-refractivity contribution is 7.23. The fourth-order valence-corrected chi connectivity index (χ4v) is 4.26. The van der Waals surface area contributed by atoms with Crippen molar-refractivity contribution in [2.75, 3.05) is 25.0 Å². The molecule has 0 spiro atoms. The topological polar surface area (TPSA) is 85.7 Å². The molecule has 3 amide bonds. The Kier molecular flexibility index (Phi) is 5.68. The molecule has 0 radical (unpaired) electrons. The third kappa shape index (κ3) is 4.32. The number of ether oxygens (including phenoxy) is 1. The number of hydrogen-bond donors (Lipinski definition) is 1. The molecule has 7 nitrogen and oxygen atoms in total. The predicted molar refractivity (Wildman–Crippen MR) is 110 cm³/mol. The molecule has 1 aromatic carbocycles. The van der Waals surface area contributed by atoms with Crippen molar-refractivity contribution in [3.8, 4) is 6.07 Å². The van der Waals surface area contributed by atoms with Crippen LogP contribution in [-0.2, 0) is 4.74 Å². The number of hydrogen-bond acceptors (Lipinski definition) is 5. The van der Waals surface area contributed by atoms with E-state index >= 15 is 0 Å². The minimum absolute atomic E-state index is 0.0962. The number of nitrogens with zero attached hydrogens (tertiary/aromatic N) is 3. The Bertz CT molecular complexity index is 947. The first-order valence-corrected chi connectivity index (χ1v) is 10.0. The summed E-state index contributed by atoms with van der Waals surface area (Å²) in [5, 5.41) is 14.2. The maximum absolute atomic E-state index is 12.7. The standard InChI is InChI=1S/C19H21ClN4O3S/c1-19(2,3)27-18(26)23-8-9-24(12(10-21)11-23)17(25)22-16-15(20)13-6-4-5-7-14(13)28-16/h4-7,12H,8-9,11H2,1-3H3,(H,22,25)/t12-/m0/s1. The molecule has 1 saturated heterocycles. The second-order valence-electron chi connectivity index (χ2n) is 7.44. The van der Waals surface area contributed by atoms with Crippen molar-refractivity contribution in [3.63, 3.8) is 0 Å². The molecule has 2 heterocycles. The Hall–Kier alpha value is -2.50. The van der Waals surface area contributed by atoms with E-state index in [9.17, 15) is 14.9 Å². The first-order chi connectivity index (χ1) is 13.2. The van der Waals surface area contributed by atoms with Crippen LogP contribution in [0.2, 0.25) is 5.02 Å². The maximum Gasteiger partial charge on any atom is 0.410 e. The number of nitriles is 1. The highest BCUT2D eigenvalue weighted by Gasteiger charge is 2.34. The average molecular weight is 421 g/mol. The Morgan fingerprint density at radius 3 is 2.68 bits per heavy atom. The van der Waals surface area contributed by atoms with Crippen LogP contribution in [0, 0.1) is 11.3 Å². The van der Waals surface area contributed by atoms with Gasteiger partial charge in [-0.3, -0.25) is 5.32 Å². The molecule has 0 aliphatic carbocycles. The molecule has 0 saturated carbocycles. The van der Waals surface area contributed by atoms with Crippen molar-refractivity contribution in [1.82, 2.24) is 9.80 Å². The first kappa shape index (κ1) is 20.2. The third-order valence-electron chi connectivity index (χ3n) is 4.20. The average Bonchev–Trinajstić information content (AvgIpc) is 2.95. The van der Waals surface area contributed by atoms with Crippen LogP contribution in [0.1, 0.15) is 20.8 Å². The maximum atomic E-state index is 12.7. The number of thiophene rings is 1. The van der Waals surface area contributed by atoms with Crippen LogP contribution in [0.4, 0.5) is 14.6 Å². The van der Waals surface area contributed by atoms with Crippen LogP contribution < -0.4 is 5.32 Å². The van der Waals surface area contributed by atoms with Gasteiger partial charge in [0.1, 0.15) is 16.6 Å². The van der Waals surface area contributed by atoms with Crippen molar-refractivity contribution in [2.45, 2.75) is 32.4 Å². The fraction of sp³-hybridized carbons (Fsp3) is 0.421. The summed E-state index contributed by atoms with van der Waals surface area (Å²) in [6.45, 7) is 5.97. The summed E-state index contributed by atoms with van der Waals surface area (Å²) >= 11 is 7.76. The van der Waals surface area contributed by atoms with Gasteiger partial charge in [-0.05, 0) is 26.8 Å². The Labute approximate surface area is 172 Å². The molecular formula is C19H21ClN4O3S. The lowest BCUT2D eigenvalue weighted by molar-refractivity contribution is 0.0136. The van der Waals surface area contributed by atoms with Crippen LogP contribution in [-0.4, -0.2) is 53.2 Å². The van der Waals surface area contributed by atoms with Gasteiger partial charge in [-0.2, -0.15) is 5.26 Å². The van der Waals surface area contributed by atoms with Crippen molar-refractivity contribution in [2.24, 2.45) is 0 Å². The molecular weight excluding hydrogens is 400 g/mol. The van der Waals surface area contributed by atoms with E-state index in [0.29, 0.717) is 16.6 Å². The van der Waals surface area contributed by atoms with Crippen LogP contribution in [0.15, 0.2) is 24.3 Å². The van der Waals surface area contributed by atoms with Crippen LogP contribution >= 0.6 is 22.9 Å². The van der Waals surface area contributed by atoms with Crippen LogP contribution in [0.5, 0.6) is 0 Å². The van der Waals surface area contributed by atoms with E-state index in [1.165, 1.54) is 21.1 Å². The number of anilines is 1. The fourth-order valence-electron chi connectivity index (χ4n) is 2.89. The zero-order chi connectivity index (χ0) is 20.5. The summed E-state index contributed by atoms with van der Waals surface area (Å²) in [4.78, 5) is 27.9. The molecule has 0 bridgehead atoms. The molecule has 28 heavy (non-hydrogen) atoms. The summed E-state index contributed by atoms with van der Waals surface area (Å²) in [5.74, 6) is 0. The summed E-state index contributed by atoms with van der Waals surface area (Å²) in [7, 11) is 0. The number of nitrogens with one attached hydrogen (secondary N) is 1. The second-order valence-corrected chi connectivity index (χ2v) is 8.87. The number of rotatable bonds is 1. The summed E-state index contributed by atoms with van der Waals surface area (Å²) < 4.78 is 6.32. The van der Waals surface area contributed by atoms with Gasteiger partial charge >= 0.3 is 12.1 Å². The van der Waals surface area contributed by atoms with E-state index in [1.54, 1.807) is 20.8 Å². The molecule has 1 aliphatic heterocycles. The molecule has 1 atom stereocenters. The number of carbonyl (C=O) groups excluding carboxylic acids is 2. The molecule has 1 aliphatic rings. The molecule has 2 aromatic rings. The number of benzene rings is 1. The van der Waals surface area contributed by atoms with Crippen molar-refractivity contribution >= 4 is 50.1 Å². The Morgan fingerprint density at radius 2 is 2.04 bits per heavy atom. The van der Waals surface area contributed by atoms with Crippen molar-refractivity contribution in [1.29, 1.82) is 5.26 Å². The SMILES string of the molecule is CC(C)(C)OC(=O)N1CCN(C(=O)Nc2sc3ccccc3c2Cl)[C@@H](C#N)C1. The lowest BCUT2D eigenvalue weighted by Gasteiger charge is -2.38. The number of urea groups is 1. The van der Waals surface area contributed by atoms with E-state index in [1.807, 2.05) is 24.3 Å². The third-order valence-corrected chi connectivity index (χ3v) is 5.79. The zero-order valence-electron chi connectivity index (χ0n) is 15.9. The van der Waals surface area contributed by atoms with Gasteiger partial charge in [0, 0.05) is 23.2 Å². The van der Waals surface area contributed by atoms with Gasteiger partial charge in [-0.25, -0.2) is 9.59 Å².